The average Bonchev–Trinajstić information content (AvgIpc) is 3.02. The van der Waals surface area contributed by atoms with Crippen molar-refractivity contribution in [3.8, 4) is 0 Å². The van der Waals surface area contributed by atoms with Crippen LogP contribution in [0.4, 0.5) is 16.3 Å². The van der Waals surface area contributed by atoms with Crippen LogP contribution in [0.3, 0.4) is 0 Å². The molecule has 0 fully saturated rings. The Morgan fingerprint density at radius 1 is 1.16 bits per heavy atom. The van der Waals surface area contributed by atoms with Crippen molar-refractivity contribution in [2.75, 3.05) is 25.5 Å². The molecule has 0 atom stereocenters. The molecule has 0 unspecified atom stereocenters. The number of unbranched alkanes of at least 4 members (excludes halogenated alkanes) is 1. The zero-order valence-corrected chi connectivity index (χ0v) is 14.4. The summed E-state index contributed by atoms with van der Waals surface area (Å²) in [7, 11) is 1.33. The summed E-state index contributed by atoms with van der Waals surface area (Å²) in [5.74, 6) is 0.566. The van der Waals surface area contributed by atoms with Gasteiger partial charge in [0.25, 0.3) is 5.91 Å². The molecule has 25 heavy (non-hydrogen) atoms. The van der Waals surface area contributed by atoms with Crippen molar-refractivity contribution >= 4 is 23.5 Å². The second-order valence-electron chi connectivity index (χ2n) is 5.52. The number of amides is 2. The van der Waals surface area contributed by atoms with Gasteiger partial charge in [0.1, 0.15) is 0 Å². The highest BCUT2D eigenvalue weighted by atomic mass is 16.5. The van der Waals surface area contributed by atoms with E-state index >= 15 is 0 Å². The van der Waals surface area contributed by atoms with Gasteiger partial charge >= 0.3 is 6.09 Å². The van der Waals surface area contributed by atoms with Crippen LogP contribution in [-0.2, 0) is 4.74 Å². The second kappa shape index (κ2) is 9.31. The van der Waals surface area contributed by atoms with Gasteiger partial charge in [0.15, 0.2) is 5.82 Å². The lowest BCUT2D eigenvalue weighted by molar-refractivity contribution is 0.0952. The predicted molar refractivity (Wildman–Crippen MR) is 95.0 cm³/mol. The van der Waals surface area contributed by atoms with E-state index in [1.807, 2.05) is 25.1 Å². The van der Waals surface area contributed by atoms with Gasteiger partial charge in [-0.1, -0.05) is 6.07 Å². The first kappa shape index (κ1) is 18.3. The summed E-state index contributed by atoms with van der Waals surface area (Å²) >= 11 is 0. The number of nitrogens with zero attached hydrogens (tertiary/aromatic N) is 1. The summed E-state index contributed by atoms with van der Waals surface area (Å²) < 4.78 is 4.48. The van der Waals surface area contributed by atoms with Crippen LogP contribution in [0.5, 0.6) is 0 Å². The third-order valence-corrected chi connectivity index (χ3v) is 3.45. The van der Waals surface area contributed by atoms with Gasteiger partial charge in [-0.25, -0.2) is 4.79 Å². The molecular weight excluding hydrogens is 322 g/mol. The lowest BCUT2D eigenvalue weighted by Gasteiger charge is -2.08. The summed E-state index contributed by atoms with van der Waals surface area (Å²) in [5, 5.41) is 15.6. The summed E-state index contributed by atoms with van der Waals surface area (Å²) in [6.07, 6.45) is 1.08. The molecule has 0 radical (unpaired) electrons. The van der Waals surface area contributed by atoms with E-state index in [1.54, 1.807) is 12.1 Å². The second-order valence-corrected chi connectivity index (χ2v) is 5.52. The Morgan fingerprint density at radius 3 is 2.60 bits per heavy atom. The van der Waals surface area contributed by atoms with Gasteiger partial charge in [0.2, 0.25) is 0 Å². The Kier molecular flexibility index (Phi) is 6.82. The SMILES string of the molecule is COC(=O)NCCCCNC(=O)c1cccc(Nc2cc(C)[nH]n2)c1. The number of anilines is 2. The Hall–Kier alpha value is -3.03. The minimum absolute atomic E-state index is 0.136. The molecule has 2 amide bonds. The van der Waals surface area contributed by atoms with Crippen LogP contribution < -0.4 is 16.0 Å². The smallest absolute Gasteiger partial charge is 0.406 e. The van der Waals surface area contributed by atoms with Gasteiger partial charge in [0, 0.05) is 36.1 Å². The molecule has 8 heteroatoms. The van der Waals surface area contributed by atoms with Gasteiger partial charge in [-0.3, -0.25) is 9.89 Å². The van der Waals surface area contributed by atoms with Crippen molar-refractivity contribution in [3.63, 3.8) is 0 Å². The van der Waals surface area contributed by atoms with E-state index in [0.29, 0.717) is 24.5 Å². The number of aromatic nitrogens is 2. The van der Waals surface area contributed by atoms with E-state index in [0.717, 1.165) is 24.2 Å². The standard InChI is InChI=1S/C17H23N5O3/c1-12-10-15(22-21-12)20-14-7-5-6-13(11-14)16(23)18-8-3-4-9-19-17(24)25-2/h5-7,10-11H,3-4,8-9H2,1-2H3,(H,18,23)(H,19,24)(H2,20,21,22). The molecule has 0 spiro atoms. The maximum atomic E-state index is 12.2. The molecule has 0 aliphatic heterocycles. The number of carbonyl (C=O) groups is 2. The summed E-state index contributed by atoms with van der Waals surface area (Å²) in [6, 6.07) is 9.11. The monoisotopic (exact) mass is 345 g/mol. The molecule has 134 valence electrons. The largest absolute Gasteiger partial charge is 0.453 e. The minimum atomic E-state index is -0.444. The minimum Gasteiger partial charge on any atom is -0.453 e. The molecule has 8 nitrogen and oxygen atoms in total. The molecule has 0 saturated carbocycles. The average molecular weight is 345 g/mol. The van der Waals surface area contributed by atoms with Crippen LogP contribution in [0, 0.1) is 6.92 Å². The fraction of sp³-hybridized carbons (Fsp3) is 0.353. The van der Waals surface area contributed by atoms with Crippen molar-refractivity contribution in [2.24, 2.45) is 0 Å². The molecule has 2 aromatic rings. The van der Waals surface area contributed by atoms with E-state index in [4.69, 9.17) is 0 Å². The highest BCUT2D eigenvalue weighted by molar-refractivity contribution is 5.95. The van der Waals surface area contributed by atoms with Crippen LogP contribution in [-0.4, -0.2) is 42.4 Å². The molecule has 4 N–H and O–H groups in total. The maximum Gasteiger partial charge on any atom is 0.406 e. The van der Waals surface area contributed by atoms with Gasteiger partial charge in [-0.15, -0.1) is 0 Å². The van der Waals surface area contributed by atoms with E-state index in [1.165, 1.54) is 7.11 Å². The van der Waals surface area contributed by atoms with Gasteiger partial charge in [0.05, 0.1) is 7.11 Å². The fourth-order valence-electron chi connectivity index (χ4n) is 2.18. The Bertz CT molecular complexity index is 714. The third-order valence-electron chi connectivity index (χ3n) is 3.45. The number of benzene rings is 1. The number of carbonyl (C=O) groups excluding carboxylic acids is 2. The lowest BCUT2D eigenvalue weighted by atomic mass is 10.2. The van der Waals surface area contributed by atoms with Crippen molar-refractivity contribution < 1.29 is 14.3 Å². The van der Waals surface area contributed by atoms with E-state index in [9.17, 15) is 9.59 Å². The summed E-state index contributed by atoms with van der Waals surface area (Å²) in [6.45, 7) is 2.98. The normalized spacial score (nSPS) is 10.2. The van der Waals surface area contributed by atoms with Crippen LogP contribution in [0.2, 0.25) is 0 Å². The number of hydrogen-bond donors (Lipinski definition) is 4. The molecule has 1 aromatic carbocycles. The quantitative estimate of drug-likeness (QED) is 0.549. The molecule has 0 saturated heterocycles. The first-order chi connectivity index (χ1) is 12.1. The van der Waals surface area contributed by atoms with Crippen LogP contribution in [0.1, 0.15) is 28.9 Å². The molecule has 2 rings (SSSR count). The van der Waals surface area contributed by atoms with E-state index in [2.05, 4.69) is 30.9 Å². The molecule has 1 heterocycles. The maximum absolute atomic E-state index is 12.2. The summed E-state index contributed by atoms with van der Waals surface area (Å²) in [4.78, 5) is 23.1. The first-order valence-corrected chi connectivity index (χ1v) is 8.07. The van der Waals surface area contributed by atoms with Crippen LogP contribution in [0.15, 0.2) is 30.3 Å². The molecular formula is C17H23N5O3. The van der Waals surface area contributed by atoms with E-state index in [-0.39, 0.29) is 5.91 Å². The number of aryl methyl sites for hydroxylation is 1. The molecule has 0 aliphatic carbocycles. The topological polar surface area (TPSA) is 108 Å². The van der Waals surface area contributed by atoms with Gasteiger partial charge < -0.3 is 20.7 Å². The number of methoxy groups -OCH3 is 1. The Labute approximate surface area is 146 Å². The number of H-pyrrole nitrogens is 1. The first-order valence-electron chi connectivity index (χ1n) is 8.07. The van der Waals surface area contributed by atoms with Crippen LogP contribution >= 0.6 is 0 Å². The number of alkyl carbamates (subject to hydrolysis) is 1. The highest BCUT2D eigenvalue weighted by Gasteiger charge is 2.06. The summed E-state index contributed by atoms with van der Waals surface area (Å²) in [5.41, 5.74) is 2.32. The number of aromatic amines is 1. The van der Waals surface area contributed by atoms with Crippen LogP contribution in [0.25, 0.3) is 0 Å². The number of nitrogens with one attached hydrogen (secondary N) is 4. The van der Waals surface area contributed by atoms with Crippen molar-refractivity contribution in [1.29, 1.82) is 0 Å². The van der Waals surface area contributed by atoms with Gasteiger partial charge in [-0.05, 0) is 38.0 Å². The third kappa shape index (κ3) is 6.17. The molecule has 0 bridgehead atoms. The van der Waals surface area contributed by atoms with Crippen molar-refractivity contribution in [1.82, 2.24) is 20.8 Å². The fourth-order valence-corrected chi connectivity index (χ4v) is 2.18. The zero-order valence-electron chi connectivity index (χ0n) is 14.4. The lowest BCUT2D eigenvalue weighted by Crippen LogP contribution is -2.27. The Morgan fingerprint density at radius 2 is 1.92 bits per heavy atom. The van der Waals surface area contributed by atoms with Gasteiger partial charge in [-0.2, -0.15) is 5.10 Å². The zero-order chi connectivity index (χ0) is 18.1. The van der Waals surface area contributed by atoms with Crippen molar-refractivity contribution in [2.45, 2.75) is 19.8 Å². The number of hydrogen-bond acceptors (Lipinski definition) is 5. The Balaban J connectivity index is 1.76. The van der Waals surface area contributed by atoms with Crippen molar-refractivity contribution in [3.05, 3.63) is 41.6 Å². The number of ether oxygens (including phenoxy) is 1. The molecule has 0 aliphatic rings. The van der Waals surface area contributed by atoms with E-state index < -0.39 is 6.09 Å². The predicted octanol–water partition coefficient (Wildman–Crippen LogP) is 2.33. The highest BCUT2D eigenvalue weighted by Crippen LogP contribution is 2.16. The molecule has 1 aromatic heterocycles. The number of rotatable bonds is 8.